The average Bonchev–Trinajstić information content (AvgIpc) is 2.96. The molecule has 2 heterocycles. The molecule has 0 N–H and O–H groups in total. The van der Waals surface area contributed by atoms with Crippen molar-refractivity contribution in [2.45, 2.75) is 10.7 Å². The van der Waals surface area contributed by atoms with Crippen molar-refractivity contribution < 1.29 is 13.5 Å². The van der Waals surface area contributed by atoms with Crippen molar-refractivity contribution in [2.75, 3.05) is 11.9 Å². The highest BCUT2D eigenvalue weighted by Gasteiger charge is 2.27. The third kappa shape index (κ3) is 3.86. The van der Waals surface area contributed by atoms with Crippen molar-refractivity contribution in [3.8, 4) is 5.75 Å². The van der Waals surface area contributed by atoms with E-state index in [1.54, 1.807) is 29.5 Å². The van der Waals surface area contributed by atoms with Crippen LogP contribution in [0.2, 0.25) is 0 Å². The second-order valence-corrected chi connectivity index (χ2v) is 7.02. The zero-order chi connectivity index (χ0) is 16.4. The predicted molar refractivity (Wildman–Crippen MR) is 95.6 cm³/mol. The van der Waals surface area contributed by atoms with E-state index < -0.39 is 4.12 Å². The van der Waals surface area contributed by atoms with Gasteiger partial charge in [-0.25, -0.2) is 9.97 Å². The Kier molecular flexibility index (Phi) is 4.62. The molecule has 0 saturated heterocycles. The summed E-state index contributed by atoms with van der Waals surface area (Å²) in [5.41, 5.74) is 1.53. The van der Waals surface area contributed by atoms with Crippen LogP contribution in [0.3, 0.4) is 0 Å². The van der Waals surface area contributed by atoms with Gasteiger partial charge in [-0.1, -0.05) is 18.2 Å². The maximum Gasteiger partial charge on any atom is 0.451 e. The second kappa shape index (κ2) is 6.52. The third-order valence-electron chi connectivity index (χ3n) is 3.19. The number of hydrogen-bond acceptors (Lipinski definition) is 5. The summed E-state index contributed by atoms with van der Waals surface area (Å²) in [6, 6.07) is 8.69. The van der Waals surface area contributed by atoms with E-state index in [4.69, 9.17) is 4.74 Å². The highest BCUT2D eigenvalue weighted by molar-refractivity contribution is 14.1. The molecule has 2 aromatic heterocycles. The summed E-state index contributed by atoms with van der Waals surface area (Å²) in [6.45, 7) is 0.396. The van der Waals surface area contributed by atoms with Gasteiger partial charge in [0.05, 0.1) is 32.8 Å². The zero-order valence-electron chi connectivity index (χ0n) is 12.0. The van der Waals surface area contributed by atoms with Crippen LogP contribution >= 0.6 is 33.9 Å². The van der Waals surface area contributed by atoms with Gasteiger partial charge in [0.2, 0.25) is 0 Å². The topological polar surface area (TPSA) is 38.2 Å². The molecule has 0 unspecified atom stereocenters. The minimum absolute atomic E-state index is 0.162. The molecule has 3 aromatic rings. The first-order valence-corrected chi connectivity index (χ1v) is 8.63. The molecular weight excluding hydrogens is 435 g/mol. The van der Waals surface area contributed by atoms with Gasteiger partial charge in [0.25, 0.3) is 0 Å². The van der Waals surface area contributed by atoms with Crippen molar-refractivity contribution in [1.29, 1.82) is 0 Å². The lowest BCUT2D eigenvalue weighted by atomic mass is 10.2. The van der Waals surface area contributed by atoms with Gasteiger partial charge in [-0.3, -0.25) is 0 Å². The fraction of sp³-hybridized carbons (Fsp3) is 0.200. The number of hydrogen-bond donors (Lipinski definition) is 0. The third-order valence-corrected chi connectivity index (χ3v) is 4.31. The van der Waals surface area contributed by atoms with Crippen molar-refractivity contribution in [3.63, 3.8) is 0 Å². The minimum atomic E-state index is -3.25. The zero-order valence-corrected chi connectivity index (χ0v) is 15.0. The number of nitrogens with zero attached hydrogens (tertiary/aromatic N) is 3. The molecule has 8 heteroatoms. The Hall–Kier alpha value is -1.55. The van der Waals surface area contributed by atoms with Crippen LogP contribution < -0.4 is 9.64 Å². The molecule has 0 radical (unpaired) electrons. The summed E-state index contributed by atoms with van der Waals surface area (Å²) in [6.07, 6.45) is 1.50. The number of fused-ring (bicyclic) bond motifs is 1. The maximum absolute atomic E-state index is 13.1. The SMILES string of the molecule is CN(Cc1ccccc1OC(F)(F)I)c1ncnc2ccsc12. The normalized spacial score (nSPS) is 11.7. The van der Waals surface area contributed by atoms with Gasteiger partial charge < -0.3 is 9.64 Å². The summed E-state index contributed by atoms with van der Waals surface area (Å²) < 4.78 is 28.8. The van der Waals surface area contributed by atoms with Crippen LogP contribution in [0.4, 0.5) is 14.6 Å². The molecule has 0 amide bonds. The molecule has 0 atom stereocenters. The van der Waals surface area contributed by atoms with Crippen molar-refractivity contribution in [3.05, 3.63) is 47.6 Å². The van der Waals surface area contributed by atoms with E-state index in [1.165, 1.54) is 12.4 Å². The first-order valence-electron chi connectivity index (χ1n) is 6.67. The molecule has 3 rings (SSSR count). The van der Waals surface area contributed by atoms with E-state index in [-0.39, 0.29) is 5.75 Å². The van der Waals surface area contributed by atoms with Crippen LogP contribution in [-0.4, -0.2) is 21.1 Å². The van der Waals surface area contributed by atoms with E-state index in [2.05, 4.69) is 9.97 Å². The molecular formula is C15H12F2IN3OS. The number of thiophene rings is 1. The van der Waals surface area contributed by atoms with Crippen LogP contribution in [0.25, 0.3) is 10.2 Å². The Balaban J connectivity index is 1.89. The van der Waals surface area contributed by atoms with E-state index in [0.717, 1.165) is 38.6 Å². The van der Waals surface area contributed by atoms with E-state index >= 15 is 0 Å². The van der Waals surface area contributed by atoms with Gasteiger partial charge in [0, 0.05) is 19.2 Å². The molecule has 120 valence electrons. The average molecular weight is 447 g/mol. The number of aromatic nitrogens is 2. The van der Waals surface area contributed by atoms with Gasteiger partial charge >= 0.3 is 4.12 Å². The summed E-state index contributed by atoms with van der Waals surface area (Å²) in [5, 5.41) is 1.95. The number of alkyl halides is 3. The number of anilines is 1. The Morgan fingerprint density at radius 2 is 2.04 bits per heavy atom. The molecule has 0 saturated carbocycles. The quantitative estimate of drug-likeness (QED) is 0.420. The lowest BCUT2D eigenvalue weighted by Gasteiger charge is -2.21. The molecule has 0 aliphatic rings. The lowest BCUT2D eigenvalue weighted by Crippen LogP contribution is -2.20. The molecule has 23 heavy (non-hydrogen) atoms. The van der Waals surface area contributed by atoms with Crippen LogP contribution in [0, 0.1) is 0 Å². The standard InChI is InChI=1S/C15H12F2IN3OS/c1-21(14-13-11(6-7-23-13)19-9-20-14)8-10-4-2-3-5-12(10)22-15(16,17)18/h2-7,9H,8H2,1H3. The Morgan fingerprint density at radius 3 is 2.83 bits per heavy atom. The maximum atomic E-state index is 13.1. The van der Waals surface area contributed by atoms with E-state index in [1.807, 2.05) is 23.4 Å². The Labute approximate surface area is 149 Å². The van der Waals surface area contributed by atoms with Crippen molar-refractivity contribution >= 4 is 50.0 Å². The van der Waals surface area contributed by atoms with Gasteiger partial charge in [0.1, 0.15) is 17.9 Å². The Bertz CT molecular complexity index is 822. The minimum Gasteiger partial charge on any atom is -0.425 e. The molecule has 0 bridgehead atoms. The molecule has 1 aromatic carbocycles. The van der Waals surface area contributed by atoms with E-state index in [0.29, 0.717) is 12.1 Å². The van der Waals surface area contributed by atoms with Crippen molar-refractivity contribution in [2.24, 2.45) is 0 Å². The Morgan fingerprint density at radius 1 is 1.26 bits per heavy atom. The summed E-state index contributed by atoms with van der Waals surface area (Å²) >= 11 is 2.51. The number of ether oxygens (including phenoxy) is 1. The highest BCUT2D eigenvalue weighted by Crippen LogP contribution is 2.32. The summed E-state index contributed by atoms with van der Waals surface area (Å²) in [7, 11) is 1.86. The van der Waals surface area contributed by atoms with Crippen molar-refractivity contribution in [1.82, 2.24) is 9.97 Å². The van der Waals surface area contributed by atoms with Crippen LogP contribution in [0.1, 0.15) is 5.56 Å². The highest BCUT2D eigenvalue weighted by atomic mass is 127. The van der Waals surface area contributed by atoms with Crippen LogP contribution in [-0.2, 0) is 6.54 Å². The molecule has 4 nitrogen and oxygen atoms in total. The first-order chi connectivity index (χ1) is 10.9. The van der Waals surface area contributed by atoms with Gasteiger partial charge in [-0.05, 0) is 17.5 Å². The summed E-state index contributed by atoms with van der Waals surface area (Å²) in [4.78, 5) is 10.4. The van der Waals surface area contributed by atoms with Gasteiger partial charge in [-0.2, -0.15) is 8.78 Å². The number of para-hydroxylation sites is 1. The van der Waals surface area contributed by atoms with Crippen LogP contribution in [0.5, 0.6) is 5.75 Å². The second-order valence-electron chi connectivity index (χ2n) is 4.84. The predicted octanol–water partition coefficient (Wildman–Crippen LogP) is 4.69. The number of halogens is 3. The lowest BCUT2D eigenvalue weighted by molar-refractivity contribution is -0.0697. The fourth-order valence-electron chi connectivity index (χ4n) is 2.24. The number of benzene rings is 1. The summed E-state index contributed by atoms with van der Waals surface area (Å²) in [5.74, 6) is 0.927. The smallest absolute Gasteiger partial charge is 0.425 e. The molecule has 0 aliphatic carbocycles. The monoisotopic (exact) mass is 447 g/mol. The molecule has 0 fully saturated rings. The molecule has 0 spiro atoms. The van der Waals surface area contributed by atoms with E-state index in [9.17, 15) is 8.78 Å². The van der Waals surface area contributed by atoms with Gasteiger partial charge in [-0.15, -0.1) is 11.3 Å². The first kappa shape index (κ1) is 16.3. The largest absolute Gasteiger partial charge is 0.451 e. The molecule has 0 aliphatic heterocycles. The number of rotatable bonds is 5. The van der Waals surface area contributed by atoms with Gasteiger partial charge in [0.15, 0.2) is 0 Å². The van der Waals surface area contributed by atoms with Crippen LogP contribution in [0.15, 0.2) is 42.0 Å². The fourth-order valence-corrected chi connectivity index (χ4v) is 3.36.